The summed E-state index contributed by atoms with van der Waals surface area (Å²) in [5.74, 6) is 2.43. The standard InChI is InChI=1S/C15H21N3O2/c1-11-3-4-13(20-11)10-16-9-12-6-8-19-15(12)14-5-7-17-18(14)2/h3-5,7,12,15-16H,6,8-10H2,1-2H3/t12-,15+/m0/s1. The van der Waals surface area contributed by atoms with Crippen LogP contribution in [-0.2, 0) is 18.3 Å². The molecule has 0 unspecified atom stereocenters. The Bertz CT molecular complexity index is 561. The Labute approximate surface area is 118 Å². The van der Waals surface area contributed by atoms with E-state index in [1.54, 1.807) is 0 Å². The first-order valence-electron chi connectivity index (χ1n) is 7.09. The highest BCUT2D eigenvalue weighted by atomic mass is 16.5. The molecule has 108 valence electrons. The fraction of sp³-hybridized carbons (Fsp3) is 0.533. The van der Waals surface area contributed by atoms with E-state index in [1.165, 1.54) is 0 Å². The highest BCUT2D eigenvalue weighted by Gasteiger charge is 2.31. The Balaban J connectivity index is 1.55. The van der Waals surface area contributed by atoms with Crippen LogP contribution in [0.4, 0.5) is 0 Å². The second kappa shape index (κ2) is 5.81. The number of nitrogens with one attached hydrogen (secondary N) is 1. The van der Waals surface area contributed by atoms with Crippen molar-refractivity contribution in [1.82, 2.24) is 15.1 Å². The summed E-state index contributed by atoms with van der Waals surface area (Å²) in [6, 6.07) is 6.05. The van der Waals surface area contributed by atoms with Crippen LogP contribution >= 0.6 is 0 Å². The third-order valence-corrected chi connectivity index (χ3v) is 3.87. The summed E-state index contributed by atoms with van der Waals surface area (Å²) < 4.78 is 13.3. The highest BCUT2D eigenvalue weighted by Crippen LogP contribution is 2.33. The quantitative estimate of drug-likeness (QED) is 0.909. The van der Waals surface area contributed by atoms with Gasteiger partial charge >= 0.3 is 0 Å². The number of rotatable bonds is 5. The molecule has 2 aromatic rings. The van der Waals surface area contributed by atoms with Gasteiger partial charge in [0.05, 0.1) is 12.2 Å². The average molecular weight is 275 g/mol. The normalized spacial score (nSPS) is 22.5. The van der Waals surface area contributed by atoms with E-state index in [1.807, 2.05) is 43.0 Å². The first-order valence-corrected chi connectivity index (χ1v) is 7.09. The van der Waals surface area contributed by atoms with Crippen LogP contribution in [0, 0.1) is 12.8 Å². The van der Waals surface area contributed by atoms with Gasteiger partial charge in [0.25, 0.3) is 0 Å². The summed E-state index contributed by atoms with van der Waals surface area (Å²) in [5, 5.41) is 7.69. The lowest BCUT2D eigenvalue weighted by Gasteiger charge is -2.19. The van der Waals surface area contributed by atoms with Crippen molar-refractivity contribution in [2.75, 3.05) is 13.2 Å². The summed E-state index contributed by atoms with van der Waals surface area (Å²) in [7, 11) is 1.97. The van der Waals surface area contributed by atoms with Gasteiger partial charge in [0.15, 0.2) is 0 Å². The third kappa shape index (κ3) is 2.78. The molecule has 2 aromatic heterocycles. The van der Waals surface area contributed by atoms with Gasteiger partial charge in [-0.2, -0.15) is 5.10 Å². The first kappa shape index (κ1) is 13.4. The molecule has 0 spiro atoms. The van der Waals surface area contributed by atoms with Crippen LogP contribution in [0.1, 0.15) is 29.7 Å². The molecule has 0 aliphatic carbocycles. The van der Waals surface area contributed by atoms with Gasteiger partial charge in [-0.25, -0.2) is 0 Å². The van der Waals surface area contributed by atoms with Crippen LogP contribution < -0.4 is 5.32 Å². The van der Waals surface area contributed by atoms with E-state index >= 15 is 0 Å². The lowest BCUT2D eigenvalue weighted by molar-refractivity contribution is 0.0836. The Morgan fingerprint density at radius 1 is 1.40 bits per heavy atom. The van der Waals surface area contributed by atoms with Crippen molar-refractivity contribution in [2.45, 2.75) is 26.0 Å². The zero-order chi connectivity index (χ0) is 13.9. The molecule has 5 nitrogen and oxygen atoms in total. The van der Waals surface area contributed by atoms with Crippen molar-refractivity contribution in [1.29, 1.82) is 0 Å². The van der Waals surface area contributed by atoms with E-state index in [-0.39, 0.29) is 6.10 Å². The summed E-state index contributed by atoms with van der Waals surface area (Å²) >= 11 is 0. The van der Waals surface area contributed by atoms with E-state index in [9.17, 15) is 0 Å². The Morgan fingerprint density at radius 2 is 2.30 bits per heavy atom. The van der Waals surface area contributed by atoms with Crippen molar-refractivity contribution >= 4 is 0 Å². The molecule has 1 fully saturated rings. The summed E-state index contributed by atoms with van der Waals surface area (Å²) in [4.78, 5) is 0. The van der Waals surface area contributed by atoms with E-state index in [0.717, 1.165) is 43.3 Å². The number of aryl methyl sites for hydroxylation is 2. The van der Waals surface area contributed by atoms with Gasteiger partial charge in [-0.1, -0.05) is 0 Å². The number of nitrogens with zero attached hydrogens (tertiary/aromatic N) is 2. The zero-order valence-corrected chi connectivity index (χ0v) is 12.0. The lowest BCUT2D eigenvalue weighted by Crippen LogP contribution is -2.25. The molecule has 0 radical (unpaired) electrons. The summed E-state index contributed by atoms with van der Waals surface area (Å²) in [6.07, 6.45) is 3.06. The second-order valence-corrected chi connectivity index (χ2v) is 5.36. The minimum absolute atomic E-state index is 0.147. The van der Waals surface area contributed by atoms with Crippen LogP contribution in [0.25, 0.3) is 0 Å². The fourth-order valence-corrected chi connectivity index (χ4v) is 2.79. The highest BCUT2D eigenvalue weighted by molar-refractivity contribution is 5.08. The molecule has 2 atom stereocenters. The van der Waals surface area contributed by atoms with Gasteiger partial charge in [0, 0.05) is 32.3 Å². The average Bonchev–Trinajstić information content (AvgIpc) is 3.12. The maximum Gasteiger partial charge on any atom is 0.117 e. The first-order chi connectivity index (χ1) is 9.74. The minimum atomic E-state index is 0.147. The molecule has 1 aliphatic heterocycles. The number of aromatic nitrogens is 2. The van der Waals surface area contributed by atoms with Crippen LogP contribution in [0.2, 0.25) is 0 Å². The molecule has 3 heterocycles. The van der Waals surface area contributed by atoms with Crippen LogP contribution in [0.5, 0.6) is 0 Å². The lowest BCUT2D eigenvalue weighted by atomic mass is 9.99. The van der Waals surface area contributed by atoms with Gasteiger partial charge in [-0.15, -0.1) is 0 Å². The number of furan rings is 1. The third-order valence-electron chi connectivity index (χ3n) is 3.87. The van der Waals surface area contributed by atoms with Crippen LogP contribution in [-0.4, -0.2) is 22.9 Å². The molecule has 0 bridgehead atoms. The summed E-state index contributed by atoms with van der Waals surface area (Å²) in [5.41, 5.74) is 1.16. The Kier molecular flexibility index (Phi) is 3.89. The fourth-order valence-electron chi connectivity index (χ4n) is 2.79. The molecule has 1 N–H and O–H groups in total. The van der Waals surface area contributed by atoms with Crippen molar-refractivity contribution in [3.8, 4) is 0 Å². The molecular weight excluding hydrogens is 254 g/mol. The van der Waals surface area contributed by atoms with E-state index in [0.29, 0.717) is 5.92 Å². The van der Waals surface area contributed by atoms with Gasteiger partial charge in [-0.05, 0) is 31.5 Å². The van der Waals surface area contributed by atoms with Gasteiger partial charge in [0.1, 0.15) is 17.6 Å². The van der Waals surface area contributed by atoms with Crippen LogP contribution in [0.3, 0.4) is 0 Å². The molecular formula is C15H21N3O2. The molecule has 5 heteroatoms. The van der Waals surface area contributed by atoms with Gasteiger partial charge < -0.3 is 14.5 Å². The van der Waals surface area contributed by atoms with Crippen molar-refractivity contribution < 1.29 is 9.15 Å². The monoisotopic (exact) mass is 275 g/mol. The van der Waals surface area contributed by atoms with Gasteiger partial charge in [0.2, 0.25) is 0 Å². The zero-order valence-electron chi connectivity index (χ0n) is 12.0. The number of hydrogen-bond donors (Lipinski definition) is 1. The predicted molar refractivity (Wildman–Crippen MR) is 75.2 cm³/mol. The SMILES string of the molecule is Cc1ccc(CNC[C@@H]2CCO[C@H]2c2ccnn2C)o1. The topological polar surface area (TPSA) is 52.2 Å². The Morgan fingerprint density at radius 3 is 3.00 bits per heavy atom. The van der Waals surface area contributed by atoms with E-state index < -0.39 is 0 Å². The number of hydrogen-bond acceptors (Lipinski definition) is 4. The molecule has 0 amide bonds. The Hall–Kier alpha value is -1.59. The molecule has 3 rings (SSSR count). The van der Waals surface area contributed by atoms with E-state index in [4.69, 9.17) is 9.15 Å². The number of ether oxygens (including phenoxy) is 1. The van der Waals surface area contributed by atoms with Crippen molar-refractivity contribution in [2.24, 2.45) is 13.0 Å². The van der Waals surface area contributed by atoms with E-state index in [2.05, 4.69) is 10.4 Å². The van der Waals surface area contributed by atoms with Crippen molar-refractivity contribution in [3.05, 3.63) is 41.6 Å². The molecule has 20 heavy (non-hydrogen) atoms. The van der Waals surface area contributed by atoms with Gasteiger partial charge in [-0.3, -0.25) is 4.68 Å². The minimum Gasteiger partial charge on any atom is -0.465 e. The maximum absolute atomic E-state index is 5.87. The maximum atomic E-state index is 5.87. The van der Waals surface area contributed by atoms with Crippen molar-refractivity contribution in [3.63, 3.8) is 0 Å². The van der Waals surface area contributed by atoms with Crippen LogP contribution in [0.15, 0.2) is 28.8 Å². The smallest absolute Gasteiger partial charge is 0.117 e. The largest absolute Gasteiger partial charge is 0.465 e. The summed E-state index contributed by atoms with van der Waals surface area (Å²) in [6.45, 7) is 4.48. The molecule has 0 saturated carbocycles. The predicted octanol–water partition coefficient (Wildman–Crippen LogP) is 2.19. The molecule has 0 aromatic carbocycles. The molecule has 1 aliphatic rings. The second-order valence-electron chi connectivity index (χ2n) is 5.36. The molecule has 1 saturated heterocycles.